The van der Waals surface area contributed by atoms with Gasteiger partial charge in [0.15, 0.2) is 0 Å². The summed E-state index contributed by atoms with van der Waals surface area (Å²) in [5, 5.41) is 10.8. The molecule has 0 fully saturated rings. The Hall–Kier alpha value is -1.47. The Balaban J connectivity index is 2.71. The number of hydrogen-bond acceptors (Lipinski definition) is 5. The predicted molar refractivity (Wildman–Crippen MR) is 74.0 cm³/mol. The van der Waals surface area contributed by atoms with Crippen molar-refractivity contribution in [3.8, 4) is 0 Å². The van der Waals surface area contributed by atoms with E-state index < -0.39 is 12.3 Å². The van der Waals surface area contributed by atoms with Crippen molar-refractivity contribution in [1.82, 2.24) is 20.3 Å². The number of carbonyl (C=O) groups excluding carboxylic acids is 1. The summed E-state index contributed by atoms with van der Waals surface area (Å²) in [7, 11) is 0. The zero-order valence-corrected chi connectivity index (χ0v) is 12.6. The van der Waals surface area contributed by atoms with E-state index in [-0.39, 0.29) is 5.91 Å². The lowest BCUT2D eigenvalue weighted by molar-refractivity contribution is -0.142. The van der Waals surface area contributed by atoms with Crippen molar-refractivity contribution in [2.24, 2.45) is 0 Å². The Morgan fingerprint density at radius 2 is 2.00 bits per heavy atom. The Kier molecular flexibility index (Phi) is 7.17. The highest BCUT2D eigenvalue weighted by molar-refractivity contribution is 5.79. The first-order valence-corrected chi connectivity index (χ1v) is 7.06. The van der Waals surface area contributed by atoms with Crippen molar-refractivity contribution in [1.29, 1.82) is 0 Å². The summed E-state index contributed by atoms with van der Waals surface area (Å²) >= 11 is 0. The fourth-order valence-corrected chi connectivity index (χ4v) is 1.63. The molecule has 0 saturated carbocycles. The van der Waals surface area contributed by atoms with Crippen LogP contribution >= 0.6 is 0 Å². The van der Waals surface area contributed by atoms with Gasteiger partial charge in [-0.05, 0) is 27.2 Å². The van der Waals surface area contributed by atoms with Crippen molar-refractivity contribution in [3.63, 3.8) is 0 Å². The van der Waals surface area contributed by atoms with Gasteiger partial charge >= 0.3 is 0 Å². The fraction of sp³-hybridized carbons (Fsp3) is 0.769. The molecule has 20 heavy (non-hydrogen) atoms. The average molecular weight is 284 g/mol. The van der Waals surface area contributed by atoms with Gasteiger partial charge in [0.2, 0.25) is 12.2 Å². The van der Waals surface area contributed by atoms with Gasteiger partial charge in [0.25, 0.3) is 0 Å². The van der Waals surface area contributed by atoms with Crippen LogP contribution in [0.4, 0.5) is 0 Å². The van der Waals surface area contributed by atoms with E-state index in [0.717, 1.165) is 6.42 Å². The molecule has 1 N–H and O–H groups in total. The van der Waals surface area contributed by atoms with E-state index in [1.54, 1.807) is 13.1 Å². The molecule has 1 unspecified atom stereocenters. The minimum absolute atomic E-state index is 0.0762. The number of hydrogen-bond donors (Lipinski definition) is 1. The highest BCUT2D eigenvalue weighted by atomic mass is 16.7. The summed E-state index contributed by atoms with van der Waals surface area (Å²) < 4.78 is 12.4. The van der Waals surface area contributed by atoms with Crippen molar-refractivity contribution in [2.45, 2.75) is 46.4 Å². The Morgan fingerprint density at radius 1 is 1.35 bits per heavy atom. The molecule has 7 heteroatoms. The molecule has 1 atom stereocenters. The van der Waals surface area contributed by atoms with E-state index in [9.17, 15) is 4.79 Å². The van der Waals surface area contributed by atoms with Crippen molar-refractivity contribution < 1.29 is 14.3 Å². The first-order chi connectivity index (χ1) is 9.63. The van der Waals surface area contributed by atoms with E-state index in [2.05, 4.69) is 15.6 Å². The Labute approximate surface area is 119 Å². The number of rotatable bonds is 9. The molecule has 0 radical (unpaired) electrons. The molecular formula is C13H24N4O3. The second-order valence-corrected chi connectivity index (χ2v) is 4.33. The first-order valence-electron chi connectivity index (χ1n) is 7.06. The smallest absolute Gasteiger partial charge is 0.244 e. The number of nitrogens with one attached hydrogen (secondary N) is 1. The molecule has 0 aliphatic rings. The number of amides is 1. The van der Waals surface area contributed by atoms with Crippen molar-refractivity contribution >= 4 is 5.91 Å². The summed E-state index contributed by atoms with van der Waals surface area (Å²) in [5.41, 5.74) is 0.573. The third-order valence-corrected chi connectivity index (χ3v) is 2.73. The molecule has 1 aromatic rings. The maximum absolute atomic E-state index is 11.9. The van der Waals surface area contributed by atoms with Crippen LogP contribution in [0.3, 0.4) is 0 Å². The number of ether oxygens (including phenoxy) is 2. The van der Waals surface area contributed by atoms with Gasteiger partial charge in [0.05, 0.1) is 6.20 Å². The standard InChI is InChI=1S/C13H24N4O3/c1-5-8-14-12(18)10(4)17-9-11(15-16-17)13(19-6-2)20-7-3/h9-10,13H,5-8H2,1-4H3,(H,14,18). The zero-order chi connectivity index (χ0) is 15.0. The molecule has 0 spiro atoms. The van der Waals surface area contributed by atoms with E-state index in [0.29, 0.717) is 25.5 Å². The SMILES string of the molecule is CCCNC(=O)C(C)n1cc(C(OCC)OCC)nn1. The Morgan fingerprint density at radius 3 is 2.55 bits per heavy atom. The monoisotopic (exact) mass is 284 g/mol. The van der Waals surface area contributed by atoms with Gasteiger partial charge in [-0.15, -0.1) is 5.10 Å². The normalized spacial score (nSPS) is 12.7. The average Bonchev–Trinajstić information content (AvgIpc) is 2.93. The summed E-state index contributed by atoms with van der Waals surface area (Å²) in [6.07, 6.45) is 2.05. The summed E-state index contributed by atoms with van der Waals surface area (Å²) in [5.74, 6) is -0.0762. The van der Waals surface area contributed by atoms with Crippen LogP contribution in [0.25, 0.3) is 0 Å². The van der Waals surface area contributed by atoms with Crippen LogP contribution in [0.1, 0.15) is 52.1 Å². The lowest BCUT2D eigenvalue weighted by atomic mass is 10.3. The van der Waals surface area contributed by atoms with Gasteiger partial charge in [-0.3, -0.25) is 4.79 Å². The van der Waals surface area contributed by atoms with Gasteiger partial charge in [-0.25, -0.2) is 4.68 Å². The van der Waals surface area contributed by atoms with Gasteiger partial charge in [-0.2, -0.15) is 0 Å². The molecule has 114 valence electrons. The van der Waals surface area contributed by atoms with Crippen molar-refractivity contribution in [3.05, 3.63) is 11.9 Å². The van der Waals surface area contributed by atoms with Crippen LogP contribution in [0.15, 0.2) is 6.20 Å². The van der Waals surface area contributed by atoms with E-state index in [1.165, 1.54) is 4.68 Å². The maximum Gasteiger partial charge on any atom is 0.244 e. The van der Waals surface area contributed by atoms with Gasteiger partial charge in [0, 0.05) is 19.8 Å². The second-order valence-electron chi connectivity index (χ2n) is 4.33. The lowest BCUT2D eigenvalue weighted by Gasteiger charge is -2.14. The lowest BCUT2D eigenvalue weighted by Crippen LogP contribution is -2.31. The molecule has 0 aliphatic heterocycles. The molecular weight excluding hydrogens is 260 g/mol. The third-order valence-electron chi connectivity index (χ3n) is 2.73. The first kappa shape index (κ1) is 16.6. The predicted octanol–water partition coefficient (Wildman–Crippen LogP) is 1.44. The minimum atomic E-state index is -0.537. The van der Waals surface area contributed by atoms with E-state index in [4.69, 9.17) is 9.47 Å². The minimum Gasteiger partial charge on any atom is -0.354 e. The largest absolute Gasteiger partial charge is 0.354 e. The molecule has 0 saturated heterocycles. The molecule has 1 aromatic heterocycles. The van der Waals surface area contributed by atoms with Crippen LogP contribution in [0.5, 0.6) is 0 Å². The van der Waals surface area contributed by atoms with Crippen molar-refractivity contribution in [2.75, 3.05) is 19.8 Å². The molecule has 0 aliphatic carbocycles. The zero-order valence-electron chi connectivity index (χ0n) is 12.6. The topological polar surface area (TPSA) is 78.3 Å². The molecule has 0 bridgehead atoms. The molecule has 1 amide bonds. The van der Waals surface area contributed by atoms with Crippen LogP contribution in [0.2, 0.25) is 0 Å². The number of aromatic nitrogens is 3. The van der Waals surface area contributed by atoms with Crippen LogP contribution in [0, 0.1) is 0 Å². The van der Waals surface area contributed by atoms with Crippen LogP contribution in [-0.4, -0.2) is 40.7 Å². The highest BCUT2D eigenvalue weighted by Gasteiger charge is 2.20. The summed E-state index contributed by atoms with van der Waals surface area (Å²) in [4.78, 5) is 11.9. The van der Waals surface area contributed by atoms with Gasteiger partial charge < -0.3 is 14.8 Å². The van der Waals surface area contributed by atoms with E-state index >= 15 is 0 Å². The molecule has 0 aromatic carbocycles. The Bertz CT molecular complexity index is 402. The highest BCUT2D eigenvalue weighted by Crippen LogP contribution is 2.17. The third kappa shape index (κ3) is 4.57. The van der Waals surface area contributed by atoms with Gasteiger partial charge in [-0.1, -0.05) is 12.1 Å². The maximum atomic E-state index is 11.9. The van der Waals surface area contributed by atoms with Crippen LogP contribution < -0.4 is 5.32 Å². The molecule has 1 rings (SSSR count). The molecule has 1 heterocycles. The van der Waals surface area contributed by atoms with Gasteiger partial charge in [0.1, 0.15) is 11.7 Å². The molecule has 7 nitrogen and oxygen atoms in total. The summed E-state index contributed by atoms with van der Waals surface area (Å²) in [6.45, 7) is 9.25. The van der Waals surface area contributed by atoms with E-state index in [1.807, 2.05) is 20.8 Å². The van der Waals surface area contributed by atoms with Crippen LogP contribution in [-0.2, 0) is 14.3 Å². The quantitative estimate of drug-likeness (QED) is 0.694. The number of carbonyl (C=O) groups is 1. The fourth-order valence-electron chi connectivity index (χ4n) is 1.63. The second kappa shape index (κ2) is 8.65. The summed E-state index contributed by atoms with van der Waals surface area (Å²) in [6, 6.07) is -0.410. The number of nitrogens with zero attached hydrogens (tertiary/aromatic N) is 3.